The Labute approximate surface area is 107 Å². The minimum Gasteiger partial charge on any atom is -0.497 e. The van der Waals surface area contributed by atoms with Crippen molar-refractivity contribution in [3.63, 3.8) is 0 Å². The molecule has 1 aromatic carbocycles. The number of hydrogen-bond donors (Lipinski definition) is 2. The summed E-state index contributed by atoms with van der Waals surface area (Å²) < 4.78 is 5.21. The van der Waals surface area contributed by atoms with Crippen LogP contribution in [0.5, 0.6) is 5.75 Å². The Morgan fingerprint density at radius 2 is 2.35 bits per heavy atom. The third-order valence-electron chi connectivity index (χ3n) is 2.86. The van der Waals surface area contributed by atoms with Gasteiger partial charge in [0, 0.05) is 12.6 Å². The molecule has 2 rings (SSSR count). The lowest BCUT2D eigenvalue weighted by Crippen LogP contribution is -2.43. The van der Waals surface area contributed by atoms with Gasteiger partial charge in [-0.3, -0.25) is 0 Å². The molecule has 1 aliphatic rings. The van der Waals surface area contributed by atoms with E-state index in [1.54, 1.807) is 7.11 Å². The molecule has 0 saturated heterocycles. The van der Waals surface area contributed by atoms with E-state index in [9.17, 15) is 0 Å². The average Bonchev–Trinajstić information content (AvgIpc) is 3.19. The van der Waals surface area contributed by atoms with Crippen molar-refractivity contribution in [1.29, 1.82) is 0 Å². The molecule has 0 amide bonds. The number of hydrogen-bond acceptors (Lipinski definition) is 3. The van der Waals surface area contributed by atoms with Gasteiger partial charge in [0.25, 0.3) is 0 Å². The van der Waals surface area contributed by atoms with E-state index in [4.69, 9.17) is 22.8 Å². The summed E-state index contributed by atoms with van der Waals surface area (Å²) in [6.45, 7) is 0.769. The van der Waals surface area contributed by atoms with Crippen molar-refractivity contribution in [1.82, 2.24) is 10.3 Å². The van der Waals surface area contributed by atoms with Crippen LogP contribution in [0.25, 0.3) is 0 Å². The molecule has 1 saturated carbocycles. The zero-order chi connectivity index (χ0) is 12.3. The van der Waals surface area contributed by atoms with Gasteiger partial charge in [-0.05, 0) is 42.8 Å². The molecular formula is C12H17N3OS. The van der Waals surface area contributed by atoms with Crippen molar-refractivity contribution < 1.29 is 4.74 Å². The highest BCUT2D eigenvalue weighted by Gasteiger charge is 2.30. The fourth-order valence-corrected chi connectivity index (χ4v) is 2.02. The van der Waals surface area contributed by atoms with Crippen molar-refractivity contribution in [2.24, 2.45) is 5.84 Å². The largest absolute Gasteiger partial charge is 0.497 e. The lowest BCUT2D eigenvalue weighted by atomic mass is 10.2. The van der Waals surface area contributed by atoms with Gasteiger partial charge in [0.1, 0.15) is 5.75 Å². The normalized spacial score (nSPS) is 14.2. The summed E-state index contributed by atoms with van der Waals surface area (Å²) in [4.78, 5) is 2.13. The van der Waals surface area contributed by atoms with Gasteiger partial charge >= 0.3 is 0 Å². The first-order valence-electron chi connectivity index (χ1n) is 5.64. The molecule has 0 aliphatic heterocycles. The fraction of sp³-hybridized carbons (Fsp3) is 0.417. The van der Waals surface area contributed by atoms with Crippen LogP contribution < -0.4 is 16.0 Å². The Morgan fingerprint density at radius 1 is 1.59 bits per heavy atom. The van der Waals surface area contributed by atoms with Crippen molar-refractivity contribution in [3.8, 4) is 5.75 Å². The number of nitrogens with one attached hydrogen (secondary N) is 1. The molecule has 92 valence electrons. The molecule has 4 nitrogen and oxygen atoms in total. The number of ether oxygens (including phenoxy) is 1. The number of hydrazine groups is 1. The van der Waals surface area contributed by atoms with E-state index < -0.39 is 0 Å². The number of benzene rings is 1. The van der Waals surface area contributed by atoms with E-state index in [2.05, 4.69) is 16.4 Å². The molecule has 0 heterocycles. The predicted molar refractivity (Wildman–Crippen MR) is 71.5 cm³/mol. The van der Waals surface area contributed by atoms with Crippen LogP contribution in [0.4, 0.5) is 0 Å². The van der Waals surface area contributed by atoms with Gasteiger partial charge in [0.05, 0.1) is 7.11 Å². The second kappa shape index (κ2) is 5.33. The molecule has 1 aliphatic carbocycles. The van der Waals surface area contributed by atoms with Gasteiger partial charge in [-0.15, -0.1) is 0 Å². The molecule has 0 spiro atoms. The molecule has 1 aromatic rings. The molecule has 5 heteroatoms. The molecule has 0 radical (unpaired) electrons. The number of nitrogens with zero attached hydrogens (tertiary/aromatic N) is 1. The second-order valence-corrected chi connectivity index (χ2v) is 4.55. The maximum atomic E-state index is 5.39. The van der Waals surface area contributed by atoms with Crippen molar-refractivity contribution in [2.45, 2.75) is 25.4 Å². The first kappa shape index (κ1) is 12.1. The Kier molecular flexibility index (Phi) is 3.81. The first-order valence-corrected chi connectivity index (χ1v) is 6.05. The third kappa shape index (κ3) is 3.08. The summed E-state index contributed by atoms with van der Waals surface area (Å²) >= 11 is 5.21. The third-order valence-corrected chi connectivity index (χ3v) is 3.21. The number of rotatable bonds is 4. The summed E-state index contributed by atoms with van der Waals surface area (Å²) in [5.41, 5.74) is 3.74. The average molecular weight is 251 g/mol. The van der Waals surface area contributed by atoms with Crippen molar-refractivity contribution in [3.05, 3.63) is 29.8 Å². The predicted octanol–water partition coefficient (Wildman–Crippen LogP) is 1.41. The minimum absolute atomic E-state index is 0.532. The zero-order valence-corrected chi connectivity index (χ0v) is 10.7. The van der Waals surface area contributed by atoms with Gasteiger partial charge in [-0.1, -0.05) is 12.1 Å². The Bertz CT molecular complexity index is 406. The summed E-state index contributed by atoms with van der Waals surface area (Å²) in [6, 6.07) is 8.54. The highest BCUT2D eigenvalue weighted by atomic mass is 32.1. The maximum Gasteiger partial charge on any atom is 0.183 e. The molecule has 0 atom stereocenters. The molecule has 1 fully saturated rings. The lowest BCUT2D eigenvalue weighted by Gasteiger charge is -2.24. The van der Waals surface area contributed by atoms with Crippen molar-refractivity contribution in [2.75, 3.05) is 7.11 Å². The van der Waals surface area contributed by atoms with E-state index in [0.29, 0.717) is 11.2 Å². The highest BCUT2D eigenvalue weighted by molar-refractivity contribution is 7.80. The number of methoxy groups -OCH3 is 1. The van der Waals surface area contributed by atoms with Crippen molar-refractivity contribution >= 4 is 17.3 Å². The van der Waals surface area contributed by atoms with E-state index in [1.807, 2.05) is 18.2 Å². The molecule has 17 heavy (non-hydrogen) atoms. The Balaban J connectivity index is 2.08. The summed E-state index contributed by atoms with van der Waals surface area (Å²) in [5, 5.41) is 0.607. The zero-order valence-electron chi connectivity index (χ0n) is 9.85. The first-order chi connectivity index (χ1) is 8.24. The molecular weight excluding hydrogens is 234 g/mol. The lowest BCUT2D eigenvalue weighted by molar-refractivity contribution is 0.391. The van der Waals surface area contributed by atoms with E-state index in [-0.39, 0.29) is 0 Å². The van der Waals surface area contributed by atoms with E-state index in [0.717, 1.165) is 12.3 Å². The highest BCUT2D eigenvalue weighted by Crippen LogP contribution is 2.28. The molecule has 0 aromatic heterocycles. The Morgan fingerprint density at radius 3 is 2.94 bits per heavy atom. The minimum atomic E-state index is 0.532. The van der Waals surface area contributed by atoms with E-state index in [1.165, 1.54) is 18.4 Å². The van der Waals surface area contributed by atoms with Gasteiger partial charge < -0.3 is 15.1 Å². The second-order valence-electron chi connectivity index (χ2n) is 4.16. The summed E-state index contributed by atoms with van der Waals surface area (Å²) in [5.74, 6) is 6.26. The topological polar surface area (TPSA) is 50.5 Å². The SMILES string of the molecule is COc1cccc(CN(C(=S)NN)C2CC2)c1. The molecule has 0 bridgehead atoms. The van der Waals surface area contributed by atoms with Crippen LogP contribution in [0.15, 0.2) is 24.3 Å². The quantitative estimate of drug-likeness (QED) is 0.481. The number of thiocarbonyl (C=S) groups is 1. The number of nitrogens with two attached hydrogens (primary N) is 1. The van der Waals surface area contributed by atoms with Crippen LogP contribution >= 0.6 is 12.2 Å². The van der Waals surface area contributed by atoms with Gasteiger partial charge in [-0.25, -0.2) is 5.84 Å². The molecule has 0 unspecified atom stereocenters. The Hall–Kier alpha value is -1.33. The van der Waals surface area contributed by atoms with Gasteiger partial charge in [0.15, 0.2) is 5.11 Å². The molecule has 3 N–H and O–H groups in total. The van der Waals surface area contributed by atoms with Crippen LogP contribution in [0.1, 0.15) is 18.4 Å². The summed E-state index contributed by atoms with van der Waals surface area (Å²) in [6.07, 6.45) is 2.37. The fourth-order valence-electron chi connectivity index (χ4n) is 1.80. The van der Waals surface area contributed by atoms with Crippen LogP contribution in [-0.2, 0) is 6.54 Å². The maximum absolute atomic E-state index is 5.39. The standard InChI is InChI=1S/C12H17N3OS/c1-16-11-4-2-3-9(7-11)8-15(10-5-6-10)12(17)14-13/h2-4,7,10H,5-6,8,13H2,1H3,(H,14,17). The van der Waals surface area contributed by atoms with Crippen LogP contribution in [0.3, 0.4) is 0 Å². The van der Waals surface area contributed by atoms with E-state index >= 15 is 0 Å². The van der Waals surface area contributed by atoms with Crippen LogP contribution in [-0.4, -0.2) is 23.2 Å². The van der Waals surface area contributed by atoms with Gasteiger partial charge in [0.2, 0.25) is 0 Å². The smallest absolute Gasteiger partial charge is 0.183 e. The van der Waals surface area contributed by atoms with Gasteiger partial charge in [-0.2, -0.15) is 0 Å². The summed E-state index contributed by atoms with van der Waals surface area (Å²) in [7, 11) is 1.67. The monoisotopic (exact) mass is 251 g/mol. The van der Waals surface area contributed by atoms with Crippen LogP contribution in [0.2, 0.25) is 0 Å². The van der Waals surface area contributed by atoms with Crippen LogP contribution in [0, 0.1) is 0 Å².